The molecule has 1 heterocycles. The monoisotopic (exact) mass is 337 g/mol. The highest BCUT2D eigenvalue weighted by molar-refractivity contribution is 5.78. The van der Waals surface area contributed by atoms with Gasteiger partial charge in [0.2, 0.25) is 5.91 Å². The molecule has 5 heteroatoms. The van der Waals surface area contributed by atoms with Crippen molar-refractivity contribution in [2.24, 2.45) is 0 Å². The maximum atomic E-state index is 13.9. The lowest BCUT2D eigenvalue weighted by Crippen LogP contribution is -2.33. The first-order valence-corrected chi connectivity index (χ1v) is 8.65. The average Bonchev–Trinajstić information content (AvgIpc) is 3.39. The molecule has 1 saturated carbocycles. The van der Waals surface area contributed by atoms with Gasteiger partial charge in [0.1, 0.15) is 5.82 Å². The van der Waals surface area contributed by atoms with Gasteiger partial charge in [0, 0.05) is 31.1 Å². The van der Waals surface area contributed by atoms with E-state index in [1.165, 1.54) is 6.07 Å². The summed E-state index contributed by atoms with van der Waals surface area (Å²) in [6.07, 6.45) is 4.18. The van der Waals surface area contributed by atoms with Crippen LogP contribution in [0.5, 0.6) is 0 Å². The van der Waals surface area contributed by atoms with Gasteiger partial charge in [0.05, 0.1) is 17.4 Å². The Kier molecular flexibility index (Phi) is 4.22. The molecular formula is C20H20FN3O. The molecule has 1 amide bonds. The third-order valence-corrected chi connectivity index (χ3v) is 4.70. The van der Waals surface area contributed by atoms with Gasteiger partial charge in [-0.2, -0.15) is 0 Å². The van der Waals surface area contributed by atoms with E-state index < -0.39 is 0 Å². The van der Waals surface area contributed by atoms with Crippen molar-refractivity contribution in [3.8, 4) is 0 Å². The van der Waals surface area contributed by atoms with Gasteiger partial charge in [-0.1, -0.05) is 30.3 Å². The van der Waals surface area contributed by atoms with E-state index in [-0.39, 0.29) is 17.8 Å². The van der Waals surface area contributed by atoms with Crippen LogP contribution in [0.15, 0.2) is 54.9 Å². The maximum Gasteiger partial charge on any atom is 0.224 e. The van der Waals surface area contributed by atoms with Gasteiger partial charge in [0.15, 0.2) is 0 Å². The number of aryl methyl sites for hydroxylation is 1. The Hall–Kier alpha value is -2.69. The molecule has 0 spiro atoms. The fraction of sp³-hybridized carbons (Fsp3) is 0.300. The Morgan fingerprint density at radius 2 is 1.92 bits per heavy atom. The molecule has 2 aromatic carbocycles. The van der Waals surface area contributed by atoms with Crippen molar-refractivity contribution >= 4 is 16.9 Å². The summed E-state index contributed by atoms with van der Waals surface area (Å²) < 4.78 is 15.9. The number of halogens is 1. The molecular weight excluding hydrogens is 317 g/mol. The van der Waals surface area contributed by atoms with Crippen molar-refractivity contribution in [1.82, 2.24) is 14.5 Å². The van der Waals surface area contributed by atoms with E-state index in [2.05, 4.69) is 4.98 Å². The molecule has 0 aliphatic heterocycles. The lowest BCUT2D eigenvalue weighted by Gasteiger charge is -2.23. The van der Waals surface area contributed by atoms with Gasteiger partial charge >= 0.3 is 0 Å². The van der Waals surface area contributed by atoms with Crippen LogP contribution in [0.1, 0.15) is 24.8 Å². The van der Waals surface area contributed by atoms with Crippen LogP contribution in [-0.2, 0) is 17.9 Å². The van der Waals surface area contributed by atoms with Crippen molar-refractivity contribution in [2.75, 3.05) is 0 Å². The Bertz CT molecular complexity index is 901. The van der Waals surface area contributed by atoms with E-state index in [1.54, 1.807) is 18.5 Å². The lowest BCUT2D eigenvalue weighted by atomic mass is 10.2. The lowest BCUT2D eigenvalue weighted by molar-refractivity contribution is -0.132. The number of hydrogen-bond donors (Lipinski definition) is 0. The van der Waals surface area contributed by atoms with Crippen LogP contribution in [0.25, 0.3) is 11.0 Å². The molecule has 0 atom stereocenters. The zero-order valence-electron chi connectivity index (χ0n) is 13.9. The van der Waals surface area contributed by atoms with E-state index in [0.717, 1.165) is 23.9 Å². The summed E-state index contributed by atoms with van der Waals surface area (Å²) in [6.45, 7) is 0.931. The number of imidazole rings is 1. The van der Waals surface area contributed by atoms with Crippen LogP contribution in [-0.4, -0.2) is 26.4 Å². The van der Waals surface area contributed by atoms with Crippen molar-refractivity contribution in [3.63, 3.8) is 0 Å². The number of fused-ring (bicyclic) bond motifs is 1. The average molecular weight is 337 g/mol. The van der Waals surface area contributed by atoms with Gasteiger partial charge in [0.25, 0.3) is 0 Å². The number of hydrogen-bond acceptors (Lipinski definition) is 2. The molecule has 0 N–H and O–H groups in total. The second kappa shape index (κ2) is 6.67. The minimum Gasteiger partial charge on any atom is -0.335 e. The molecule has 25 heavy (non-hydrogen) atoms. The molecule has 4 nitrogen and oxygen atoms in total. The number of amides is 1. The standard InChI is InChI=1S/C20H20FN3O/c21-17-6-2-1-5-15(17)13-24(16-9-10-16)20(25)11-12-23-14-22-18-7-3-4-8-19(18)23/h1-8,14,16H,9-13H2. The fourth-order valence-electron chi connectivity index (χ4n) is 3.17. The Morgan fingerprint density at radius 1 is 1.16 bits per heavy atom. The minimum atomic E-state index is -0.249. The predicted octanol–water partition coefficient (Wildman–Crippen LogP) is 3.76. The molecule has 0 radical (unpaired) electrons. The van der Waals surface area contributed by atoms with Crippen LogP contribution >= 0.6 is 0 Å². The predicted molar refractivity (Wildman–Crippen MR) is 94.3 cm³/mol. The number of aromatic nitrogens is 2. The van der Waals surface area contributed by atoms with Crippen LogP contribution in [0.4, 0.5) is 4.39 Å². The Balaban J connectivity index is 1.45. The van der Waals surface area contributed by atoms with Gasteiger partial charge in [-0.05, 0) is 31.0 Å². The smallest absolute Gasteiger partial charge is 0.224 e. The topological polar surface area (TPSA) is 38.1 Å². The van der Waals surface area contributed by atoms with Crippen LogP contribution in [0.2, 0.25) is 0 Å². The summed E-state index contributed by atoms with van der Waals surface area (Å²) in [6, 6.07) is 14.8. The van der Waals surface area contributed by atoms with E-state index in [0.29, 0.717) is 25.1 Å². The third-order valence-electron chi connectivity index (χ3n) is 4.70. The van der Waals surface area contributed by atoms with Gasteiger partial charge in [-0.15, -0.1) is 0 Å². The first kappa shape index (κ1) is 15.8. The van der Waals surface area contributed by atoms with Crippen molar-refractivity contribution in [3.05, 3.63) is 66.2 Å². The van der Waals surface area contributed by atoms with Gasteiger partial charge in [-0.25, -0.2) is 9.37 Å². The Morgan fingerprint density at radius 3 is 2.72 bits per heavy atom. The highest BCUT2D eigenvalue weighted by atomic mass is 19.1. The largest absolute Gasteiger partial charge is 0.335 e. The van der Waals surface area contributed by atoms with E-state index in [4.69, 9.17) is 0 Å². The minimum absolute atomic E-state index is 0.0727. The molecule has 0 unspecified atom stereocenters. The molecule has 1 aromatic heterocycles. The second-order valence-corrected chi connectivity index (χ2v) is 6.52. The summed E-state index contributed by atoms with van der Waals surface area (Å²) in [7, 11) is 0. The number of benzene rings is 2. The summed E-state index contributed by atoms with van der Waals surface area (Å²) in [4.78, 5) is 18.9. The summed E-state index contributed by atoms with van der Waals surface area (Å²) >= 11 is 0. The first-order valence-electron chi connectivity index (χ1n) is 8.65. The molecule has 1 fully saturated rings. The highest BCUT2D eigenvalue weighted by Gasteiger charge is 2.32. The van der Waals surface area contributed by atoms with Crippen molar-refractivity contribution in [1.29, 1.82) is 0 Å². The normalized spacial score (nSPS) is 14.0. The van der Waals surface area contributed by atoms with E-state index in [1.807, 2.05) is 39.8 Å². The summed E-state index contributed by atoms with van der Waals surface area (Å²) in [5.41, 5.74) is 2.54. The maximum absolute atomic E-state index is 13.9. The quantitative estimate of drug-likeness (QED) is 0.687. The molecule has 4 rings (SSSR count). The number of carbonyl (C=O) groups is 1. The van der Waals surface area contributed by atoms with Crippen molar-refractivity contribution < 1.29 is 9.18 Å². The fourth-order valence-corrected chi connectivity index (χ4v) is 3.17. The van der Waals surface area contributed by atoms with Gasteiger partial charge in [-0.3, -0.25) is 4.79 Å². The molecule has 0 bridgehead atoms. The van der Waals surface area contributed by atoms with Crippen LogP contribution in [0.3, 0.4) is 0 Å². The van der Waals surface area contributed by atoms with E-state index in [9.17, 15) is 9.18 Å². The van der Waals surface area contributed by atoms with E-state index >= 15 is 0 Å². The molecule has 1 aliphatic rings. The molecule has 0 saturated heterocycles. The first-order chi connectivity index (χ1) is 12.2. The number of para-hydroxylation sites is 2. The SMILES string of the molecule is O=C(CCn1cnc2ccccc21)N(Cc1ccccc1F)C1CC1. The number of carbonyl (C=O) groups excluding carboxylic acids is 1. The third kappa shape index (κ3) is 3.40. The van der Waals surface area contributed by atoms with Crippen molar-refractivity contribution in [2.45, 2.75) is 38.4 Å². The zero-order valence-corrected chi connectivity index (χ0v) is 13.9. The second-order valence-electron chi connectivity index (χ2n) is 6.52. The zero-order chi connectivity index (χ0) is 17.2. The highest BCUT2D eigenvalue weighted by Crippen LogP contribution is 2.29. The molecule has 1 aliphatic carbocycles. The molecule has 128 valence electrons. The summed E-state index contributed by atoms with van der Waals surface area (Å²) in [5, 5.41) is 0. The molecule has 3 aromatic rings. The number of nitrogens with zero attached hydrogens (tertiary/aromatic N) is 3. The van der Waals surface area contributed by atoms with Crippen LogP contribution < -0.4 is 0 Å². The van der Waals surface area contributed by atoms with Gasteiger partial charge < -0.3 is 9.47 Å². The number of rotatable bonds is 6. The summed E-state index contributed by atoms with van der Waals surface area (Å²) in [5.74, 6) is -0.176. The Labute approximate surface area is 145 Å². The van der Waals surface area contributed by atoms with Crippen LogP contribution in [0, 0.1) is 5.82 Å².